The summed E-state index contributed by atoms with van der Waals surface area (Å²) in [7, 11) is 1.91. The number of rotatable bonds is 6. The Bertz CT molecular complexity index is 1240. The Morgan fingerprint density at radius 2 is 1.76 bits per heavy atom. The van der Waals surface area contributed by atoms with E-state index in [-0.39, 0.29) is 11.3 Å². The number of aromatic nitrogens is 4. The molecule has 0 radical (unpaired) electrons. The summed E-state index contributed by atoms with van der Waals surface area (Å²) >= 11 is 1.34. The Kier molecular flexibility index (Phi) is 6.37. The molecule has 4 rings (SSSR count). The minimum absolute atomic E-state index is 0.0814. The van der Waals surface area contributed by atoms with Crippen molar-refractivity contribution in [2.75, 3.05) is 5.32 Å². The highest BCUT2D eigenvalue weighted by Crippen LogP contribution is 2.36. The average Bonchev–Trinajstić information content (AvgIpc) is 3.36. The van der Waals surface area contributed by atoms with E-state index in [0.717, 1.165) is 17.0 Å². The van der Waals surface area contributed by atoms with Gasteiger partial charge in [-0.05, 0) is 23.5 Å². The van der Waals surface area contributed by atoms with Crippen molar-refractivity contribution in [3.05, 3.63) is 77.6 Å². The van der Waals surface area contributed by atoms with Crippen LogP contribution in [-0.2, 0) is 17.3 Å². The van der Waals surface area contributed by atoms with Gasteiger partial charge < -0.3 is 14.4 Å². The highest BCUT2D eigenvalue weighted by molar-refractivity contribution is 8.00. The second kappa shape index (κ2) is 9.23. The lowest BCUT2D eigenvalue weighted by Gasteiger charge is -2.19. The molecule has 0 aliphatic rings. The number of thioether (sulfide) groups is 1. The first-order chi connectivity index (χ1) is 15.7. The average molecular weight is 462 g/mol. The monoisotopic (exact) mass is 461 g/mol. The van der Waals surface area contributed by atoms with Crippen LogP contribution in [0.1, 0.15) is 42.9 Å². The topological polar surface area (TPSA) is 85.8 Å². The van der Waals surface area contributed by atoms with Crippen LogP contribution in [0.4, 0.5) is 5.82 Å². The number of benzene rings is 2. The van der Waals surface area contributed by atoms with Gasteiger partial charge in [-0.2, -0.15) is 0 Å². The number of nitrogens with one attached hydrogen (secondary N) is 1. The lowest BCUT2D eigenvalue weighted by atomic mass is 9.87. The molecule has 8 heteroatoms. The highest BCUT2D eigenvalue weighted by Gasteiger charge is 2.26. The number of nitrogens with zero attached hydrogens (tertiary/aromatic N) is 4. The van der Waals surface area contributed by atoms with Crippen molar-refractivity contribution in [2.45, 2.75) is 43.5 Å². The van der Waals surface area contributed by atoms with Crippen molar-refractivity contribution in [3.63, 3.8) is 0 Å². The van der Waals surface area contributed by atoms with Gasteiger partial charge in [0, 0.05) is 18.7 Å². The standard InChI is InChI=1S/C25H27N5O2S/c1-16-15-20(29-32-16)26-23(31)21(17-9-7-6-8-10-17)33-24-28-27-22(30(24)5)18-11-13-19(14-12-18)25(2,3)4/h6-15,21H,1-5H3,(H,26,29,31). The minimum Gasteiger partial charge on any atom is -0.360 e. The number of amides is 1. The molecule has 0 saturated carbocycles. The van der Waals surface area contributed by atoms with Crippen molar-refractivity contribution in [1.82, 2.24) is 19.9 Å². The van der Waals surface area contributed by atoms with E-state index in [2.05, 4.69) is 65.7 Å². The maximum atomic E-state index is 13.2. The van der Waals surface area contributed by atoms with Crippen molar-refractivity contribution < 1.29 is 9.32 Å². The van der Waals surface area contributed by atoms with Gasteiger partial charge in [0.05, 0.1) is 0 Å². The van der Waals surface area contributed by atoms with Crippen LogP contribution in [0.5, 0.6) is 0 Å². The van der Waals surface area contributed by atoms with Crippen molar-refractivity contribution in [1.29, 1.82) is 0 Å². The predicted molar refractivity (Wildman–Crippen MR) is 130 cm³/mol. The third kappa shape index (κ3) is 5.17. The highest BCUT2D eigenvalue weighted by atomic mass is 32.2. The SMILES string of the molecule is Cc1cc(NC(=O)C(Sc2nnc(-c3ccc(C(C)(C)C)cc3)n2C)c2ccccc2)no1. The van der Waals surface area contributed by atoms with Gasteiger partial charge in [0.1, 0.15) is 11.0 Å². The second-order valence-corrected chi connectivity index (χ2v) is 9.99. The molecule has 2 aromatic heterocycles. The molecule has 0 fully saturated rings. The molecule has 170 valence electrons. The van der Waals surface area contributed by atoms with Gasteiger partial charge in [-0.3, -0.25) is 4.79 Å². The van der Waals surface area contributed by atoms with Crippen LogP contribution in [0.25, 0.3) is 11.4 Å². The van der Waals surface area contributed by atoms with E-state index in [1.54, 1.807) is 13.0 Å². The molecule has 2 heterocycles. The smallest absolute Gasteiger partial charge is 0.243 e. The van der Waals surface area contributed by atoms with E-state index in [4.69, 9.17) is 4.52 Å². The molecule has 0 spiro atoms. The normalized spacial score (nSPS) is 12.5. The van der Waals surface area contributed by atoms with Crippen molar-refractivity contribution in [3.8, 4) is 11.4 Å². The molecule has 33 heavy (non-hydrogen) atoms. The van der Waals surface area contributed by atoms with Crippen LogP contribution in [-0.4, -0.2) is 25.8 Å². The Morgan fingerprint density at radius 1 is 1.06 bits per heavy atom. The van der Waals surface area contributed by atoms with Crippen LogP contribution in [0.2, 0.25) is 0 Å². The minimum atomic E-state index is -0.540. The van der Waals surface area contributed by atoms with E-state index in [0.29, 0.717) is 16.7 Å². The van der Waals surface area contributed by atoms with E-state index >= 15 is 0 Å². The molecule has 1 atom stereocenters. The summed E-state index contributed by atoms with van der Waals surface area (Å²) in [5.74, 6) is 1.55. The molecule has 4 aromatic rings. The van der Waals surface area contributed by atoms with E-state index in [1.807, 2.05) is 41.9 Å². The summed E-state index contributed by atoms with van der Waals surface area (Å²) in [5.41, 5.74) is 3.17. The zero-order valence-electron chi connectivity index (χ0n) is 19.4. The Labute approximate surface area is 197 Å². The molecule has 0 saturated heterocycles. The largest absolute Gasteiger partial charge is 0.360 e. The molecule has 2 aromatic carbocycles. The molecule has 7 nitrogen and oxygen atoms in total. The van der Waals surface area contributed by atoms with Gasteiger partial charge in [-0.25, -0.2) is 0 Å². The summed E-state index contributed by atoms with van der Waals surface area (Å²) in [6, 6.07) is 19.7. The van der Waals surface area contributed by atoms with Gasteiger partial charge in [-0.15, -0.1) is 10.2 Å². The molecule has 1 unspecified atom stereocenters. The van der Waals surface area contributed by atoms with E-state index in [9.17, 15) is 4.79 Å². The summed E-state index contributed by atoms with van der Waals surface area (Å²) < 4.78 is 6.99. The lowest BCUT2D eigenvalue weighted by Crippen LogP contribution is -2.19. The number of aryl methyl sites for hydroxylation is 1. The number of carbonyl (C=O) groups excluding carboxylic acids is 1. The lowest BCUT2D eigenvalue weighted by molar-refractivity contribution is -0.115. The molecule has 0 aliphatic carbocycles. The van der Waals surface area contributed by atoms with Crippen molar-refractivity contribution >= 4 is 23.5 Å². The first-order valence-electron chi connectivity index (χ1n) is 10.7. The summed E-state index contributed by atoms with van der Waals surface area (Å²) in [6.07, 6.45) is 0. The van der Waals surface area contributed by atoms with Gasteiger partial charge in [0.25, 0.3) is 0 Å². The maximum absolute atomic E-state index is 13.2. The third-order valence-corrected chi connectivity index (χ3v) is 6.58. The van der Waals surface area contributed by atoms with Gasteiger partial charge in [0.15, 0.2) is 16.8 Å². The van der Waals surface area contributed by atoms with Gasteiger partial charge in [0.2, 0.25) is 5.91 Å². The first kappa shape index (κ1) is 22.8. The van der Waals surface area contributed by atoms with Gasteiger partial charge in [-0.1, -0.05) is 92.3 Å². The molecular weight excluding hydrogens is 434 g/mol. The van der Waals surface area contributed by atoms with Crippen LogP contribution >= 0.6 is 11.8 Å². The summed E-state index contributed by atoms with van der Waals surface area (Å²) in [4.78, 5) is 13.2. The molecule has 1 N–H and O–H groups in total. The number of carbonyl (C=O) groups is 1. The molecule has 1 amide bonds. The number of anilines is 1. The van der Waals surface area contributed by atoms with E-state index in [1.165, 1.54) is 17.3 Å². The predicted octanol–water partition coefficient (Wildman–Crippen LogP) is 5.55. The van der Waals surface area contributed by atoms with Crippen LogP contribution in [0.15, 0.2) is 70.3 Å². The molecule has 0 bridgehead atoms. The fourth-order valence-corrected chi connectivity index (χ4v) is 4.41. The Morgan fingerprint density at radius 3 is 2.36 bits per heavy atom. The van der Waals surface area contributed by atoms with E-state index < -0.39 is 5.25 Å². The number of hydrogen-bond acceptors (Lipinski definition) is 6. The first-order valence-corrected chi connectivity index (χ1v) is 11.6. The molecular formula is C25H27N5O2S. The number of hydrogen-bond donors (Lipinski definition) is 1. The third-order valence-electron chi connectivity index (χ3n) is 5.29. The Balaban J connectivity index is 1.60. The zero-order chi connectivity index (χ0) is 23.6. The van der Waals surface area contributed by atoms with Crippen LogP contribution in [0, 0.1) is 6.92 Å². The summed E-state index contributed by atoms with van der Waals surface area (Å²) in [6.45, 7) is 8.35. The Hall–Kier alpha value is -3.39. The van der Waals surface area contributed by atoms with Crippen molar-refractivity contribution in [2.24, 2.45) is 7.05 Å². The fraction of sp³-hybridized carbons (Fsp3) is 0.280. The second-order valence-electron chi connectivity index (χ2n) is 8.91. The van der Waals surface area contributed by atoms with Gasteiger partial charge >= 0.3 is 0 Å². The fourth-order valence-electron chi connectivity index (χ4n) is 3.41. The van der Waals surface area contributed by atoms with Crippen LogP contribution in [0.3, 0.4) is 0 Å². The quantitative estimate of drug-likeness (QED) is 0.379. The van der Waals surface area contributed by atoms with Crippen LogP contribution < -0.4 is 5.32 Å². The zero-order valence-corrected chi connectivity index (χ0v) is 20.2. The maximum Gasteiger partial charge on any atom is 0.243 e. The summed E-state index contributed by atoms with van der Waals surface area (Å²) in [5, 5.41) is 15.6. The molecule has 0 aliphatic heterocycles.